The topological polar surface area (TPSA) is 94.0 Å². The number of hydrogen-bond acceptors (Lipinski definition) is 6. The Bertz CT molecular complexity index is 1100. The summed E-state index contributed by atoms with van der Waals surface area (Å²) in [5, 5.41) is 8.97. The van der Waals surface area contributed by atoms with E-state index in [2.05, 4.69) is 15.4 Å². The second-order valence-electron chi connectivity index (χ2n) is 6.53. The van der Waals surface area contributed by atoms with Crippen LogP contribution in [0.15, 0.2) is 41.8 Å². The molecular formula is C18H17FN4O3S2. The number of hydrogen-bond donors (Lipinski definition) is 1. The van der Waals surface area contributed by atoms with Crippen LogP contribution < -0.4 is 5.32 Å². The fourth-order valence-electron chi connectivity index (χ4n) is 3.05. The highest BCUT2D eigenvalue weighted by atomic mass is 32.2. The minimum atomic E-state index is -3.01. The van der Waals surface area contributed by atoms with Gasteiger partial charge in [0.15, 0.2) is 5.82 Å². The zero-order valence-electron chi connectivity index (χ0n) is 14.7. The summed E-state index contributed by atoms with van der Waals surface area (Å²) in [6, 6.07) is 9.36. The summed E-state index contributed by atoms with van der Waals surface area (Å²) >= 11 is 1.43. The maximum atomic E-state index is 13.7. The molecule has 146 valence electrons. The zero-order chi connectivity index (χ0) is 19.7. The first-order valence-electron chi connectivity index (χ1n) is 8.69. The van der Waals surface area contributed by atoms with Crippen LogP contribution in [0.2, 0.25) is 0 Å². The molecule has 0 saturated carbocycles. The Morgan fingerprint density at radius 1 is 1.21 bits per heavy atom. The van der Waals surface area contributed by atoms with Crippen LogP contribution in [0.3, 0.4) is 0 Å². The van der Waals surface area contributed by atoms with Gasteiger partial charge < -0.3 is 5.32 Å². The summed E-state index contributed by atoms with van der Waals surface area (Å²) in [6.45, 7) is 0. The lowest BCUT2D eigenvalue weighted by Crippen LogP contribution is -2.41. The number of nitrogens with zero attached hydrogens (tertiary/aromatic N) is 3. The number of carbonyl (C=O) groups is 1. The van der Waals surface area contributed by atoms with Gasteiger partial charge in [-0.3, -0.25) is 4.79 Å². The van der Waals surface area contributed by atoms with Crippen LogP contribution in [0.4, 0.5) is 4.39 Å². The van der Waals surface area contributed by atoms with E-state index < -0.39 is 21.6 Å². The highest BCUT2D eigenvalue weighted by Gasteiger charge is 2.27. The second-order valence-corrected chi connectivity index (χ2v) is 9.78. The standard InChI is InChI=1S/C18H17FN4O3S2/c19-12-3-1-4-14(11-12)23-17(15-5-2-8-27-15)21-16(22-23)18(24)20-13-6-9-28(25,26)10-7-13/h1-5,8,11,13H,6-7,9-10H2,(H,20,24). The van der Waals surface area contributed by atoms with Crippen molar-refractivity contribution < 1.29 is 17.6 Å². The molecule has 2 aromatic heterocycles. The molecule has 28 heavy (non-hydrogen) atoms. The number of aromatic nitrogens is 3. The molecule has 0 atom stereocenters. The largest absolute Gasteiger partial charge is 0.346 e. The molecule has 0 bridgehead atoms. The third-order valence-corrected chi connectivity index (χ3v) is 7.08. The maximum Gasteiger partial charge on any atom is 0.291 e. The molecule has 10 heteroatoms. The summed E-state index contributed by atoms with van der Waals surface area (Å²) in [7, 11) is -3.01. The Hall–Kier alpha value is -2.59. The molecule has 0 unspecified atom stereocenters. The van der Waals surface area contributed by atoms with Crippen LogP contribution in [-0.2, 0) is 9.84 Å². The lowest BCUT2D eigenvalue weighted by molar-refractivity contribution is 0.0924. The van der Waals surface area contributed by atoms with E-state index in [0.717, 1.165) is 4.88 Å². The van der Waals surface area contributed by atoms with Gasteiger partial charge in [-0.15, -0.1) is 16.4 Å². The molecule has 0 radical (unpaired) electrons. The predicted octanol–water partition coefficient (Wildman–Crippen LogP) is 2.44. The molecule has 0 aliphatic carbocycles. The van der Waals surface area contributed by atoms with Crippen molar-refractivity contribution in [3.8, 4) is 16.4 Å². The number of amides is 1. The molecule has 1 amide bonds. The van der Waals surface area contributed by atoms with Crippen molar-refractivity contribution in [3.05, 3.63) is 53.4 Å². The molecule has 1 saturated heterocycles. The minimum Gasteiger partial charge on any atom is -0.346 e. The second kappa shape index (κ2) is 7.44. The smallest absolute Gasteiger partial charge is 0.291 e. The van der Waals surface area contributed by atoms with E-state index >= 15 is 0 Å². The van der Waals surface area contributed by atoms with Crippen LogP contribution in [0.25, 0.3) is 16.4 Å². The number of benzene rings is 1. The summed E-state index contributed by atoms with van der Waals surface area (Å²) in [4.78, 5) is 17.8. The van der Waals surface area contributed by atoms with Gasteiger partial charge in [0.25, 0.3) is 5.91 Å². The van der Waals surface area contributed by atoms with Gasteiger partial charge in [0, 0.05) is 6.04 Å². The SMILES string of the molecule is O=C(NC1CCS(=O)(=O)CC1)c1nc(-c2cccs2)n(-c2cccc(F)c2)n1. The van der Waals surface area contributed by atoms with Crippen molar-refractivity contribution in [2.45, 2.75) is 18.9 Å². The van der Waals surface area contributed by atoms with E-state index in [1.165, 1.54) is 28.2 Å². The fraction of sp³-hybridized carbons (Fsp3) is 0.278. The normalized spacial score (nSPS) is 16.8. The Kier molecular flexibility index (Phi) is 4.98. The van der Waals surface area contributed by atoms with Crippen LogP contribution in [0.1, 0.15) is 23.5 Å². The van der Waals surface area contributed by atoms with Gasteiger partial charge in [-0.1, -0.05) is 12.1 Å². The summed E-state index contributed by atoms with van der Waals surface area (Å²) in [5.74, 6) is -0.373. The molecule has 4 rings (SSSR count). The van der Waals surface area contributed by atoms with Crippen molar-refractivity contribution in [2.24, 2.45) is 0 Å². The predicted molar refractivity (Wildman–Crippen MR) is 104 cm³/mol. The van der Waals surface area contributed by atoms with Gasteiger partial charge >= 0.3 is 0 Å². The van der Waals surface area contributed by atoms with E-state index in [1.807, 2.05) is 17.5 Å². The minimum absolute atomic E-state index is 0.0407. The van der Waals surface area contributed by atoms with Gasteiger partial charge in [0.05, 0.1) is 22.1 Å². The molecule has 1 aromatic carbocycles. The van der Waals surface area contributed by atoms with Crippen LogP contribution >= 0.6 is 11.3 Å². The quantitative estimate of drug-likeness (QED) is 0.700. The van der Waals surface area contributed by atoms with Crippen LogP contribution in [0.5, 0.6) is 0 Å². The first-order chi connectivity index (χ1) is 13.4. The zero-order valence-corrected chi connectivity index (χ0v) is 16.3. The molecule has 7 nitrogen and oxygen atoms in total. The van der Waals surface area contributed by atoms with E-state index in [-0.39, 0.29) is 23.4 Å². The van der Waals surface area contributed by atoms with E-state index in [4.69, 9.17) is 0 Å². The number of sulfone groups is 1. The van der Waals surface area contributed by atoms with Gasteiger partial charge in [0.1, 0.15) is 15.7 Å². The average Bonchev–Trinajstić information content (AvgIpc) is 3.32. The van der Waals surface area contributed by atoms with Crippen molar-refractivity contribution in [3.63, 3.8) is 0 Å². The third-order valence-electron chi connectivity index (χ3n) is 4.49. The van der Waals surface area contributed by atoms with Gasteiger partial charge in [0.2, 0.25) is 5.82 Å². The average molecular weight is 420 g/mol. The van der Waals surface area contributed by atoms with Gasteiger partial charge in [-0.05, 0) is 42.5 Å². The van der Waals surface area contributed by atoms with Crippen molar-refractivity contribution >= 4 is 27.1 Å². The molecule has 1 fully saturated rings. The van der Waals surface area contributed by atoms with Crippen LogP contribution in [-0.4, -0.2) is 46.6 Å². The van der Waals surface area contributed by atoms with Crippen molar-refractivity contribution in [1.82, 2.24) is 20.1 Å². The summed E-state index contributed by atoms with van der Waals surface area (Å²) < 4.78 is 38.2. The van der Waals surface area contributed by atoms with E-state index in [0.29, 0.717) is 24.4 Å². The van der Waals surface area contributed by atoms with Gasteiger partial charge in [-0.2, -0.15) is 0 Å². The maximum absolute atomic E-state index is 13.7. The number of rotatable bonds is 4. The molecule has 1 aliphatic heterocycles. The lowest BCUT2D eigenvalue weighted by atomic mass is 10.1. The van der Waals surface area contributed by atoms with Crippen molar-refractivity contribution in [1.29, 1.82) is 0 Å². The monoisotopic (exact) mass is 420 g/mol. The molecule has 0 spiro atoms. The number of carbonyl (C=O) groups excluding carboxylic acids is 1. The highest BCUT2D eigenvalue weighted by molar-refractivity contribution is 7.91. The third kappa shape index (κ3) is 3.97. The van der Waals surface area contributed by atoms with Gasteiger partial charge in [-0.25, -0.2) is 22.5 Å². The first kappa shape index (κ1) is 18.8. The first-order valence-corrected chi connectivity index (χ1v) is 11.4. The Morgan fingerprint density at radius 3 is 2.68 bits per heavy atom. The van der Waals surface area contributed by atoms with Crippen molar-refractivity contribution in [2.75, 3.05) is 11.5 Å². The van der Waals surface area contributed by atoms with E-state index in [9.17, 15) is 17.6 Å². The summed E-state index contributed by atoms with van der Waals surface area (Å²) in [6.07, 6.45) is 0.743. The fourth-order valence-corrected chi connectivity index (χ4v) is 5.24. The lowest BCUT2D eigenvalue weighted by Gasteiger charge is -2.22. The number of thiophene rings is 1. The number of halogens is 1. The van der Waals surface area contributed by atoms with Crippen LogP contribution in [0, 0.1) is 5.82 Å². The molecule has 3 heterocycles. The highest BCUT2D eigenvalue weighted by Crippen LogP contribution is 2.26. The Balaban J connectivity index is 1.63. The molecular weight excluding hydrogens is 403 g/mol. The molecule has 1 aliphatic rings. The number of nitrogens with one attached hydrogen (secondary N) is 1. The van der Waals surface area contributed by atoms with E-state index in [1.54, 1.807) is 12.1 Å². The molecule has 1 N–H and O–H groups in total. The Labute approximate surface area is 165 Å². The summed E-state index contributed by atoms with van der Waals surface area (Å²) in [5.41, 5.74) is 0.457. The Morgan fingerprint density at radius 2 is 2.00 bits per heavy atom. The molecule has 3 aromatic rings.